The van der Waals surface area contributed by atoms with E-state index in [1.165, 1.54) is 185 Å². The van der Waals surface area contributed by atoms with Crippen LogP contribution in [0.4, 0.5) is 0 Å². The highest BCUT2D eigenvalue weighted by Crippen LogP contribution is 2.63. The van der Waals surface area contributed by atoms with E-state index in [-0.39, 0.29) is 10.8 Å². The van der Waals surface area contributed by atoms with Gasteiger partial charge in [-0.3, -0.25) is 0 Å². The van der Waals surface area contributed by atoms with Gasteiger partial charge in [0.1, 0.15) is 0 Å². The third-order valence-corrected chi connectivity index (χ3v) is 14.2. The van der Waals surface area contributed by atoms with Crippen molar-refractivity contribution in [2.75, 3.05) is 0 Å². The van der Waals surface area contributed by atoms with Crippen molar-refractivity contribution in [2.24, 2.45) is 5.41 Å². The van der Waals surface area contributed by atoms with Gasteiger partial charge < -0.3 is 20.1 Å². The molecule has 4 nitrogen and oxygen atoms in total. The topological polar surface area (TPSA) is 80.9 Å². The lowest BCUT2D eigenvalue weighted by molar-refractivity contribution is 0.375. The zero-order valence-electron chi connectivity index (χ0n) is 37.4. The highest BCUT2D eigenvalue weighted by molar-refractivity contribution is 6.59. The van der Waals surface area contributed by atoms with Crippen molar-refractivity contribution >= 4 is 42.4 Å². The molecule has 0 fully saturated rings. The Bertz CT molecular complexity index is 1740. The second-order valence-electron chi connectivity index (χ2n) is 18.6. The fourth-order valence-corrected chi connectivity index (χ4v) is 11.0. The van der Waals surface area contributed by atoms with Crippen LogP contribution in [0, 0.1) is 5.41 Å². The molecule has 3 aliphatic rings. The van der Waals surface area contributed by atoms with Crippen LogP contribution in [0.25, 0.3) is 17.2 Å². The first kappa shape index (κ1) is 46.7. The second kappa shape index (κ2) is 23.6. The van der Waals surface area contributed by atoms with E-state index in [4.69, 9.17) is 0 Å². The summed E-state index contributed by atoms with van der Waals surface area (Å²) in [7, 11) is -3.02. The van der Waals surface area contributed by atoms with Crippen molar-refractivity contribution in [1.82, 2.24) is 0 Å². The molecule has 0 spiro atoms. The van der Waals surface area contributed by atoms with E-state index in [1.54, 1.807) is 0 Å². The van der Waals surface area contributed by atoms with Gasteiger partial charge in [0, 0.05) is 10.8 Å². The van der Waals surface area contributed by atoms with Crippen molar-refractivity contribution < 1.29 is 20.1 Å². The Morgan fingerprint density at radius 3 is 1.38 bits per heavy atom. The highest BCUT2D eigenvalue weighted by Gasteiger charge is 2.51. The summed E-state index contributed by atoms with van der Waals surface area (Å²) in [4.78, 5) is 0. The average molecular weight is 791 g/mol. The molecular weight excluding hydrogens is 710 g/mol. The minimum atomic E-state index is -1.51. The van der Waals surface area contributed by atoms with Gasteiger partial charge in [-0.25, -0.2) is 0 Å². The molecule has 4 N–H and O–H groups in total. The quantitative estimate of drug-likeness (QED) is 0.0469. The SMILES string of the molecule is CCCCCCCCC1(CCCCCCCC)C=C2C(=C3C=c4ccc(B(O)O)cc4=C31)C(CCCCCCCC)(CCCCCCCC)c1cc(B(O)O)ccc12. The third-order valence-electron chi connectivity index (χ3n) is 14.2. The fourth-order valence-electron chi connectivity index (χ4n) is 11.0. The Hall–Kier alpha value is -2.37. The van der Waals surface area contributed by atoms with E-state index < -0.39 is 14.2 Å². The van der Waals surface area contributed by atoms with E-state index in [0.29, 0.717) is 10.9 Å². The number of allylic oxidation sites excluding steroid dienone is 4. The van der Waals surface area contributed by atoms with E-state index in [2.05, 4.69) is 64.1 Å². The van der Waals surface area contributed by atoms with Crippen LogP contribution in [-0.2, 0) is 5.41 Å². The standard InChI is InChI=1S/C52H80B2O4/c1-5-9-13-17-21-25-33-51(34-26-22-18-14-10-6-2)40-47-44-32-31-43(54(57)58)39-48(44)52(35-27-23-19-15-11-7-3,36-28-24-20-16-12-8-4)50(47)46-37-41-29-30-42(53(55)56)38-45(41)49(46)51/h29-32,37-40,55-58H,5-28,33-36H2,1-4H3. The van der Waals surface area contributed by atoms with Crippen molar-refractivity contribution in [3.8, 4) is 0 Å². The maximum Gasteiger partial charge on any atom is 0.488 e. The monoisotopic (exact) mass is 791 g/mol. The lowest BCUT2D eigenvalue weighted by Gasteiger charge is -2.42. The Labute approximate surface area is 354 Å². The molecule has 0 aromatic heterocycles. The maximum atomic E-state index is 10.6. The predicted octanol–water partition coefficient (Wildman–Crippen LogP) is 10.6. The average Bonchev–Trinajstić information content (AvgIpc) is 3.73. The summed E-state index contributed by atoms with van der Waals surface area (Å²) in [6.45, 7) is 9.16. The summed E-state index contributed by atoms with van der Waals surface area (Å²) in [6, 6.07) is 12.5. The van der Waals surface area contributed by atoms with Gasteiger partial charge in [-0.15, -0.1) is 0 Å². The van der Waals surface area contributed by atoms with E-state index >= 15 is 0 Å². The zero-order chi connectivity index (χ0) is 41.4. The van der Waals surface area contributed by atoms with Gasteiger partial charge in [-0.2, -0.15) is 0 Å². The van der Waals surface area contributed by atoms with Crippen LogP contribution in [0.3, 0.4) is 0 Å². The second-order valence-corrected chi connectivity index (χ2v) is 18.6. The van der Waals surface area contributed by atoms with Crippen molar-refractivity contribution in [1.29, 1.82) is 0 Å². The molecule has 2 aromatic carbocycles. The Morgan fingerprint density at radius 1 is 0.466 bits per heavy atom. The molecular formula is C52H80B2O4. The highest BCUT2D eigenvalue weighted by atomic mass is 16.4. The molecule has 5 rings (SSSR count). The van der Waals surface area contributed by atoms with E-state index in [0.717, 1.165) is 38.5 Å². The summed E-state index contributed by atoms with van der Waals surface area (Å²) >= 11 is 0. The van der Waals surface area contributed by atoms with Gasteiger partial charge in [0.05, 0.1) is 0 Å². The van der Waals surface area contributed by atoms with Crippen molar-refractivity contribution in [3.05, 3.63) is 75.2 Å². The molecule has 0 aliphatic heterocycles. The number of hydrogen-bond acceptors (Lipinski definition) is 4. The first-order valence-electron chi connectivity index (χ1n) is 24.5. The Kier molecular flexibility index (Phi) is 19.0. The first-order valence-corrected chi connectivity index (χ1v) is 24.5. The molecule has 0 saturated carbocycles. The van der Waals surface area contributed by atoms with Gasteiger partial charge in [0.15, 0.2) is 0 Å². The molecule has 318 valence electrons. The van der Waals surface area contributed by atoms with Crippen LogP contribution >= 0.6 is 0 Å². The molecule has 3 aliphatic carbocycles. The fraction of sp³-hybridized carbons (Fsp3) is 0.654. The summed E-state index contributed by atoms with van der Waals surface area (Å²) in [5, 5.41) is 44.7. The van der Waals surface area contributed by atoms with Gasteiger partial charge in [-0.1, -0.05) is 224 Å². The van der Waals surface area contributed by atoms with Gasteiger partial charge >= 0.3 is 14.2 Å². The lowest BCUT2D eigenvalue weighted by Crippen LogP contribution is -2.39. The molecule has 0 saturated heterocycles. The third kappa shape index (κ3) is 11.3. The largest absolute Gasteiger partial charge is 0.488 e. The summed E-state index contributed by atoms with van der Waals surface area (Å²) in [6.07, 6.45) is 39.5. The maximum absolute atomic E-state index is 10.6. The zero-order valence-corrected chi connectivity index (χ0v) is 37.4. The number of fused-ring (bicyclic) bond motifs is 5. The normalized spacial score (nSPS) is 15.9. The number of unbranched alkanes of at least 4 members (excludes halogenated alkanes) is 20. The number of benzene rings is 2. The predicted molar refractivity (Wildman–Crippen MR) is 251 cm³/mol. The smallest absolute Gasteiger partial charge is 0.423 e. The molecule has 0 heterocycles. The molecule has 0 unspecified atom stereocenters. The number of rotatable bonds is 30. The molecule has 58 heavy (non-hydrogen) atoms. The van der Waals surface area contributed by atoms with Gasteiger partial charge in [0.25, 0.3) is 0 Å². The molecule has 6 heteroatoms. The molecule has 0 radical (unpaired) electrons. The van der Waals surface area contributed by atoms with Crippen LogP contribution in [0.2, 0.25) is 0 Å². The van der Waals surface area contributed by atoms with Crippen LogP contribution in [0.5, 0.6) is 0 Å². The minimum Gasteiger partial charge on any atom is -0.423 e. The van der Waals surface area contributed by atoms with E-state index in [1.807, 2.05) is 12.1 Å². The van der Waals surface area contributed by atoms with Crippen LogP contribution < -0.4 is 21.4 Å². The first-order chi connectivity index (χ1) is 28.3. The van der Waals surface area contributed by atoms with Crippen molar-refractivity contribution in [3.63, 3.8) is 0 Å². The Balaban J connectivity index is 1.72. The molecule has 0 atom stereocenters. The molecule has 0 amide bonds. The minimum absolute atomic E-state index is 0.173. The van der Waals surface area contributed by atoms with Crippen molar-refractivity contribution in [2.45, 2.75) is 213 Å². The lowest BCUT2D eigenvalue weighted by atomic mass is 9.61. The summed E-state index contributed by atoms with van der Waals surface area (Å²) in [5.74, 6) is 0. The molecule has 0 bridgehead atoms. The van der Waals surface area contributed by atoms with Gasteiger partial charge in [0.2, 0.25) is 0 Å². The number of hydrogen-bond donors (Lipinski definition) is 4. The summed E-state index contributed by atoms with van der Waals surface area (Å²) < 4.78 is 0. The van der Waals surface area contributed by atoms with E-state index in [9.17, 15) is 20.1 Å². The van der Waals surface area contributed by atoms with Crippen LogP contribution in [0.15, 0.2) is 53.6 Å². The Morgan fingerprint density at radius 2 is 0.897 bits per heavy atom. The van der Waals surface area contributed by atoms with Crippen LogP contribution in [0.1, 0.15) is 219 Å². The summed E-state index contributed by atoms with van der Waals surface area (Å²) in [5.41, 5.74) is 9.03. The van der Waals surface area contributed by atoms with Gasteiger partial charge in [-0.05, 0) is 86.5 Å². The molecule has 2 aromatic rings. The van der Waals surface area contributed by atoms with Crippen LogP contribution in [-0.4, -0.2) is 34.3 Å².